The molecule has 21 heavy (non-hydrogen) atoms. The molecule has 7 nitrogen and oxygen atoms in total. The molecule has 1 aliphatic rings. The summed E-state index contributed by atoms with van der Waals surface area (Å²) in [6, 6.07) is 0. The standard InChI is InChI=1S/C13H20ClN5O2/c1-13(2,3)12(20)21-19-6-4-18(5-7-19)11-9(15)10(14)16-8-17-11/h8H,4-7,15H2,1-3H3. The zero-order chi connectivity index (χ0) is 15.6. The van der Waals surface area contributed by atoms with E-state index in [1.54, 1.807) is 5.06 Å². The van der Waals surface area contributed by atoms with Gasteiger partial charge in [0.1, 0.15) is 12.0 Å². The third kappa shape index (κ3) is 3.74. The maximum Gasteiger partial charge on any atom is 0.330 e. The maximum atomic E-state index is 11.8. The summed E-state index contributed by atoms with van der Waals surface area (Å²) >= 11 is 5.90. The Kier molecular flexibility index (Phi) is 4.53. The van der Waals surface area contributed by atoms with Gasteiger partial charge in [0.2, 0.25) is 0 Å². The van der Waals surface area contributed by atoms with Gasteiger partial charge in [-0.3, -0.25) is 0 Å². The van der Waals surface area contributed by atoms with Gasteiger partial charge in [0.05, 0.1) is 18.5 Å². The van der Waals surface area contributed by atoms with Gasteiger partial charge in [-0.15, -0.1) is 5.06 Å². The van der Waals surface area contributed by atoms with Crippen molar-refractivity contribution in [3.63, 3.8) is 0 Å². The van der Waals surface area contributed by atoms with E-state index in [0.717, 1.165) is 0 Å². The van der Waals surface area contributed by atoms with E-state index < -0.39 is 5.41 Å². The van der Waals surface area contributed by atoms with Gasteiger partial charge in [-0.05, 0) is 20.8 Å². The third-order valence-corrected chi connectivity index (χ3v) is 3.48. The molecule has 1 aromatic rings. The second kappa shape index (κ2) is 6.03. The molecule has 116 valence electrons. The van der Waals surface area contributed by atoms with E-state index in [2.05, 4.69) is 9.97 Å². The molecule has 0 amide bonds. The molecule has 0 bridgehead atoms. The molecule has 1 fully saturated rings. The Bertz CT molecular complexity index is 524. The Morgan fingerprint density at radius 3 is 2.48 bits per heavy atom. The lowest BCUT2D eigenvalue weighted by Crippen LogP contribution is -2.48. The van der Waals surface area contributed by atoms with E-state index in [0.29, 0.717) is 37.7 Å². The van der Waals surface area contributed by atoms with Crippen molar-refractivity contribution in [3.05, 3.63) is 11.5 Å². The zero-order valence-corrected chi connectivity index (χ0v) is 13.2. The number of anilines is 2. The molecular weight excluding hydrogens is 294 g/mol. The average Bonchev–Trinajstić information content (AvgIpc) is 2.42. The Morgan fingerprint density at radius 1 is 1.29 bits per heavy atom. The highest BCUT2D eigenvalue weighted by molar-refractivity contribution is 6.32. The van der Waals surface area contributed by atoms with E-state index >= 15 is 0 Å². The van der Waals surface area contributed by atoms with Gasteiger partial charge in [-0.1, -0.05) is 11.6 Å². The molecule has 1 aliphatic heterocycles. The van der Waals surface area contributed by atoms with Crippen molar-refractivity contribution in [2.45, 2.75) is 20.8 Å². The summed E-state index contributed by atoms with van der Waals surface area (Å²) in [5, 5.41) is 1.92. The Labute approximate surface area is 129 Å². The Balaban J connectivity index is 1.95. The summed E-state index contributed by atoms with van der Waals surface area (Å²) in [5.74, 6) is 0.386. The van der Waals surface area contributed by atoms with Crippen LogP contribution in [0.25, 0.3) is 0 Å². The molecule has 1 saturated heterocycles. The number of nitrogens with two attached hydrogens (primary N) is 1. The molecule has 2 rings (SSSR count). The minimum Gasteiger partial charge on any atom is -0.393 e. The van der Waals surface area contributed by atoms with E-state index in [-0.39, 0.29) is 11.1 Å². The van der Waals surface area contributed by atoms with Crippen LogP contribution in [-0.2, 0) is 9.63 Å². The number of carbonyl (C=O) groups excluding carboxylic acids is 1. The van der Waals surface area contributed by atoms with Crippen LogP contribution in [0.15, 0.2) is 6.33 Å². The van der Waals surface area contributed by atoms with Crippen LogP contribution in [-0.4, -0.2) is 47.2 Å². The minimum atomic E-state index is -0.512. The quantitative estimate of drug-likeness (QED) is 0.825. The second-order valence-corrected chi connectivity index (χ2v) is 6.30. The van der Waals surface area contributed by atoms with Crippen molar-refractivity contribution in [1.82, 2.24) is 15.0 Å². The van der Waals surface area contributed by atoms with Crippen molar-refractivity contribution < 1.29 is 9.63 Å². The van der Waals surface area contributed by atoms with Crippen LogP contribution < -0.4 is 10.6 Å². The molecular formula is C13H20ClN5O2. The van der Waals surface area contributed by atoms with Crippen LogP contribution in [0.5, 0.6) is 0 Å². The molecule has 0 aromatic carbocycles. The zero-order valence-electron chi connectivity index (χ0n) is 12.5. The van der Waals surface area contributed by atoms with Gasteiger partial charge in [-0.2, -0.15) is 0 Å². The first kappa shape index (κ1) is 15.8. The summed E-state index contributed by atoms with van der Waals surface area (Å²) in [7, 11) is 0. The number of nitrogens with zero attached hydrogens (tertiary/aromatic N) is 4. The van der Waals surface area contributed by atoms with Gasteiger partial charge in [-0.25, -0.2) is 14.8 Å². The van der Waals surface area contributed by atoms with Crippen molar-refractivity contribution >= 4 is 29.1 Å². The second-order valence-electron chi connectivity index (χ2n) is 5.95. The lowest BCUT2D eigenvalue weighted by Gasteiger charge is -2.35. The smallest absolute Gasteiger partial charge is 0.330 e. The lowest BCUT2D eigenvalue weighted by molar-refractivity contribution is -0.201. The highest BCUT2D eigenvalue weighted by Crippen LogP contribution is 2.26. The predicted molar refractivity (Wildman–Crippen MR) is 80.8 cm³/mol. The van der Waals surface area contributed by atoms with Crippen LogP contribution in [0.4, 0.5) is 11.5 Å². The molecule has 2 heterocycles. The maximum absolute atomic E-state index is 11.8. The first-order chi connectivity index (χ1) is 9.79. The highest BCUT2D eigenvalue weighted by atomic mass is 35.5. The molecule has 2 N–H and O–H groups in total. The molecule has 1 aromatic heterocycles. The van der Waals surface area contributed by atoms with Crippen LogP contribution in [0, 0.1) is 5.41 Å². The number of hydroxylamine groups is 2. The number of hydrogen-bond donors (Lipinski definition) is 1. The SMILES string of the molecule is CC(C)(C)C(=O)ON1CCN(c2ncnc(Cl)c2N)CC1. The van der Waals surface area contributed by atoms with Crippen molar-refractivity contribution in [1.29, 1.82) is 0 Å². The first-order valence-corrected chi connectivity index (χ1v) is 7.15. The van der Waals surface area contributed by atoms with Gasteiger partial charge in [0.25, 0.3) is 0 Å². The number of aromatic nitrogens is 2. The lowest BCUT2D eigenvalue weighted by atomic mass is 9.98. The molecule has 0 saturated carbocycles. The van der Waals surface area contributed by atoms with Gasteiger partial charge < -0.3 is 15.5 Å². The molecule has 0 aliphatic carbocycles. The largest absolute Gasteiger partial charge is 0.393 e. The van der Waals surface area contributed by atoms with Crippen molar-refractivity contribution in [3.8, 4) is 0 Å². The van der Waals surface area contributed by atoms with Crippen molar-refractivity contribution in [2.75, 3.05) is 36.8 Å². The fourth-order valence-corrected chi connectivity index (χ4v) is 1.99. The third-order valence-electron chi connectivity index (χ3n) is 3.18. The fraction of sp³-hybridized carbons (Fsp3) is 0.615. The summed E-state index contributed by atoms with van der Waals surface area (Å²) < 4.78 is 0. The van der Waals surface area contributed by atoms with E-state index in [1.807, 2.05) is 25.7 Å². The molecule has 8 heteroatoms. The average molecular weight is 314 g/mol. The molecule has 0 atom stereocenters. The monoisotopic (exact) mass is 313 g/mol. The first-order valence-electron chi connectivity index (χ1n) is 6.77. The van der Waals surface area contributed by atoms with E-state index in [1.165, 1.54) is 6.33 Å². The number of rotatable bonds is 2. The summed E-state index contributed by atoms with van der Waals surface area (Å²) in [5.41, 5.74) is 5.75. The number of nitrogen functional groups attached to an aromatic ring is 1. The molecule has 0 unspecified atom stereocenters. The number of halogens is 1. The van der Waals surface area contributed by atoms with Crippen LogP contribution in [0.2, 0.25) is 5.15 Å². The number of piperazine rings is 1. The number of hydrogen-bond acceptors (Lipinski definition) is 7. The normalized spacial score (nSPS) is 16.9. The van der Waals surface area contributed by atoms with Gasteiger partial charge in [0.15, 0.2) is 11.0 Å². The number of carbonyl (C=O) groups is 1. The van der Waals surface area contributed by atoms with E-state index in [9.17, 15) is 4.79 Å². The minimum absolute atomic E-state index is 0.236. The van der Waals surface area contributed by atoms with E-state index in [4.69, 9.17) is 22.2 Å². The predicted octanol–water partition coefficient (Wildman–Crippen LogP) is 1.34. The topological polar surface area (TPSA) is 84.6 Å². The fourth-order valence-electron chi connectivity index (χ4n) is 1.86. The Morgan fingerprint density at radius 2 is 1.90 bits per heavy atom. The van der Waals surface area contributed by atoms with Crippen molar-refractivity contribution in [2.24, 2.45) is 5.41 Å². The van der Waals surface area contributed by atoms with Gasteiger partial charge >= 0.3 is 5.97 Å². The Hall–Kier alpha value is -1.60. The highest BCUT2D eigenvalue weighted by Gasteiger charge is 2.28. The summed E-state index contributed by atoms with van der Waals surface area (Å²) in [4.78, 5) is 27.2. The molecule has 0 spiro atoms. The van der Waals surface area contributed by atoms with Crippen LogP contribution in [0.1, 0.15) is 20.8 Å². The molecule has 0 radical (unpaired) electrons. The summed E-state index contributed by atoms with van der Waals surface area (Å²) in [6.45, 7) is 7.95. The van der Waals surface area contributed by atoms with Gasteiger partial charge in [0, 0.05) is 13.1 Å². The van der Waals surface area contributed by atoms with Crippen LogP contribution in [0.3, 0.4) is 0 Å². The van der Waals surface area contributed by atoms with Crippen LogP contribution >= 0.6 is 11.6 Å². The summed E-state index contributed by atoms with van der Waals surface area (Å²) in [6.07, 6.45) is 1.39.